The van der Waals surface area contributed by atoms with E-state index in [-0.39, 0.29) is 0 Å². The average molecular weight is 222 g/mol. The number of likely N-dealkylation sites (tertiary alicyclic amines) is 1. The van der Waals surface area contributed by atoms with E-state index in [0.717, 1.165) is 17.8 Å². The summed E-state index contributed by atoms with van der Waals surface area (Å²) in [4.78, 5) is 2.75. The van der Waals surface area contributed by atoms with Gasteiger partial charge >= 0.3 is 0 Å². The monoisotopic (exact) mass is 222 g/mol. The molecule has 1 N–H and O–H groups in total. The van der Waals surface area contributed by atoms with E-state index in [2.05, 4.69) is 10.2 Å². The maximum absolute atomic E-state index is 3.38. The standard InChI is InChI=1S/C14H26N2/c1-2-4-14-11-16(8-6-13(14)3-1)7-5-12-9-15-10-12/h12-15H,1-11H2. The topological polar surface area (TPSA) is 15.3 Å². The molecule has 3 aliphatic rings. The maximum Gasteiger partial charge on any atom is 0.00123 e. The van der Waals surface area contributed by atoms with Crippen LogP contribution in [0.1, 0.15) is 38.5 Å². The largest absolute Gasteiger partial charge is 0.316 e. The van der Waals surface area contributed by atoms with E-state index in [1.807, 2.05) is 0 Å². The van der Waals surface area contributed by atoms with Gasteiger partial charge in [-0.05, 0) is 63.2 Å². The number of nitrogens with zero attached hydrogens (tertiary/aromatic N) is 1. The van der Waals surface area contributed by atoms with Crippen molar-refractivity contribution in [3.8, 4) is 0 Å². The summed E-state index contributed by atoms with van der Waals surface area (Å²) >= 11 is 0. The van der Waals surface area contributed by atoms with Crippen LogP contribution in [0.3, 0.4) is 0 Å². The zero-order chi connectivity index (χ0) is 10.8. The van der Waals surface area contributed by atoms with Gasteiger partial charge in [0.1, 0.15) is 0 Å². The molecule has 0 radical (unpaired) electrons. The van der Waals surface area contributed by atoms with Crippen molar-refractivity contribution in [2.45, 2.75) is 38.5 Å². The summed E-state index contributed by atoms with van der Waals surface area (Å²) in [6, 6.07) is 0. The Kier molecular flexibility index (Phi) is 3.49. The Balaban J connectivity index is 1.43. The van der Waals surface area contributed by atoms with Gasteiger partial charge in [-0.15, -0.1) is 0 Å². The second kappa shape index (κ2) is 5.05. The van der Waals surface area contributed by atoms with Crippen LogP contribution in [0.4, 0.5) is 0 Å². The van der Waals surface area contributed by atoms with Crippen LogP contribution in [0, 0.1) is 17.8 Å². The van der Waals surface area contributed by atoms with Crippen molar-refractivity contribution >= 4 is 0 Å². The first-order valence-corrected chi connectivity index (χ1v) is 7.35. The molecule has 0 aromatic carbocycles. The lowest BCUT2D eigenvalue weighted by Crippen LogP contribution is -2.46. The molecule has 2 atom stereocenters. The van der Waals surface area contributed by atoms with Crippen LogP contribution < -0.4 is 5.32 Å². The highest BCUT2D eigenvalue weighted by molar-refractivity contribution is 4.84. The lowest BCUT2D eigenvalue weighted by molar-refractivity contribution is 0.0803. The molecule has 2 saturated heterocycles. The molecule has 0 aromatic heterocycles. The molecule has 0 aromatic rings. The first-order chi connectivity index (χ1) is 7.92. The molecule has 2 aliphatic heterocycles. The van der Waals surface area contributed by atoms with Gasteiger partial charge in [-0.3, -0.25) is 0 Å². The van der Waals surface area contributed by atoms with Gasteiger partial charge in [0, 0.05) is 6.54 Å². The minimum atomic E-state index is 0.990. The molecular weight excluding hydrogens is 196 g/mol. The van der Waals surface area contributed by atoms with Gasteiger partial charge < -0.3 is 10.2 Å². The molecule has 16 heavy (non-hydrogen) atoms. The van der Waals surface area contributed by atoms with Gasteiger partial charge in [0.2, 0.25) is 0 Å². The molecular formula is C14H26N2. The summed E-state index contributed by atoms with van der Waals surface area (Å²) < 4.78 is 0. The fraction of sp³-hybridized carbons (Fsp3) is 1.00. The number of fused-ring (bicyclic) bond motifs is 1. The third-order valence-corrected chi connectivity index (χ3v) is 5.09. The molecule has 3 fully saturated rings. The molecule has 2 nitrogen and oxygen atoms in total. The second-order valence-electron chi connectivity index (χ2n) is 6.21. The summed E-state index contributed by atoms with van der Waals surface area (Å²) in [7, 11) is 0. The predicted molar refractivity (Wildman–Crippen MR) is 67.5 cm³/mol. The van der Waals surface area contributed by atoms with E-state index >= 15 is 0 Å². The van der Waals surface area contributed by atoms with Crippen molar-refractivity contribution in [2.24, 2.45) is 17.8 Å². The smallest absolute Gasteiger partial charge is 0.00123 e. The average Bonchev–Trinajstić information content (AvgIpc) is 2.27. The van der Waals surface area contributed by atoms with Crippen LogP contribution in [0.2, 0.25) is 0 Å². The second-order valence-corrected chi connectivity index (χ2v) is 6.21. The minimum absolute atomic E-state index is 0.990. The Morgan fingerprint density at radius 1 is 1.00 bits per heavy atom. The molecule has 1 aliphatic carbocycles. The molecule has 0 spiro atoms. The Morgan fingerprint density at radius 2 is 1.81 bits per heavy atom. The first kappa shape index (κ1) is 11.0. The van der Waals surface area contributed by atoms with Crippen molar-refractivity contribution in [1.29, 1.82) is 0 Å². The minimum Gasteiger partial charge on any atom is -0.316 e. The SMILES string of the molecule is C1CCC2CN(CCC3CNC3)CCC2C1. The highest BCUT2D eigenvalue weighted by Crippen LogP contribution is 2.36. The van der Waals surface area contributed by atoms with Crippen LogP contribution in [-0.2, 0) is 0 Å². The number of rotatable bonds is 3. The summed E-state index contributed by atoms with van der Waals surface area (Å²) in [5.41, 5.74) is 0. The highest BCUT2D eigenvalue weighted by Gasteiger charge is 2.31. The summed E-state index contributed by atoms with van der Waals surface area (Å²) in [6.45, 7) is 6.74. The van der Waals surface area contributed by atoms with E-state index in [4.69, 9.17) is 0 Å². The normalized spacial score (nSPS) is 36.8. The first-order valence-electron chi connectivity index (χ1n) is 7.35. The number of nitrogens with one attached hydrogen (secondary N) is 1. The zero-order valence-electron chi connectivity index (χ0n) is 10.5. The molecule has 0 amide bonds. The van der Waals surface area contributed by atoms with Crippen LogP contribution >= 0.6 is 0 Å². The van der Waals surface area contributed by atoms with Crippen molar-refractivity contribution in [2.75, 3.05) is 32.7 Å². The Bertz CT molecular complexity index is 225. The van der Waals surface area contributed by atoms with Gasteiger partial charge in [-0.1, -0.05) is 19.3 Å². The summed E-state index contributed by atoms with van der Waals surface area (Å²) in [5.74, 6) is 3.14. The van der Waals surface area contributed by atoms with E-state index in [9.17, 15) is 0 Å². The number of hydrogen-bond donors (Lipinski definition) is 1. The zero-order valence-corrected chi connectivity index (χ0v) is 10.5. The predicted octanol–water partition coefficient (Wildman–Crippen LogP) is 2.11. The fourth-order valence-electron chi connectivity index (χ4n) is 3.80. The lowest BCUT2D eigenvalue weighted by atomic mass is 9.75. The number of hydrogen-bond acceptors (Lipinski definition) is 2. The van der Waals surface area contributed by atoms with E-state index in [1.165, 1.54) is 71.2 Å². The highest BCUT2D eigenvalue weighted by atomic mass is 15.1. The Labute approximate surface area is 99.8 Å². The van der Waals surface area contributed by atoms with Gasteiger partial charge in [-0.2, -0.15) is 0 Å². The van der Waals surface area contributed by atoms with Crippen LogP contribution in [-0.4, -0.2) is 37.6 Å². The molecule has 92 valence electrons. The molecule has 3 rings (SSSR count). The lowest BCUT2D eigenvalue weighted by Gasteiger charge is -2.42. The Morgan fingerprint density at radius 3 is 2.56 bits per heavy atom. The van der Waals surface area contributed by atoms with Crippen LogP contribution in [0.15, 0.2) is 0 Å². The molecule has 0 bridgehead atoms. The maximum atomic E-state index is 3.38. The van der Waals surface area contributed by atoms with Crippen molar-refractivity contribution in [3.63, 3.8) is 0 Å². The van der Waals surface area contributed by atoms with E-state index in [0.29, 0.717) is 0 Å². The van der Waals surface area contributed by atoms with Crippen molar-refractivity contribution in [1.82, 2.24) is 10.2 Å². The fourth-order valence-corrected chi connectivity index (χ4v) is 3.80. The van der Waals surface area contributed by atoms with E-state index < -0.39 is 0 Å². The summed E-state index contributed by atoms with van der Waals surface area (Å²) in [5, 5.41) is 3.38. The van der Waals surface area contributed by atoms with Gasteiger partial charge in [0.15, 0.2) is 0 Å². The van der Waals surface area contributed by atoms with Crippen LogP contribution in [0.25, 0.3) is 0 Å². The third-order valence-electron chi connectivity index (χ3n) is 5.09. The summed E-state index contributed by atoms with van der Waals surface area (Å²) in [6.07, 6.45) is 8.99. The van der Waals surface area contributed by atoms with Crippen molar-refractivity contribution < 1.29 is 0 Å². The number of piperidine rings is 1. The van der Waals surface area contributed by atoms with Crippen molar-refractivity contribution in [3.05, 3.63) is 0 Å². The van der Waals surface area contributed by atoms with Crippen LogP contribution in [0.5, 0.6) is 0 Å². The molecule has 1 saturated carbocycles. The molecule has 2 heteroatoms. The molecule has 2 heterocycles. The third kappa shape index (κ3) is 2.43. The van der Waals surface area contributed by atoms with Gasteiger partial charge in [0.25, 0.3) is 0 Å². The Hall–Kier alpha value is -0.0800. The van der Waals surface area contributed by atoms with Gasteiger partial charge in [-0.25, -0.2) is 0 Å². The van der Waals surface area contributed by atoms with Gasteiger partial charge in [0.05, 0.1) is 0 Å². The van der Waals surface area contributed by atoms with E-state index in [1.54, 1.807) is 0 Å². The quantitative estimate of drug-likeness (QED) is 0.787. The molecule has 2 unspecified atom stereocenters.